The third-order valence-corrected chi connectivity index (χ3v) is 4.12. The summed E-state index contributed by atoms with van der Waals surface area (Å²) in [4.78, 5) is 17.0. The second-order valence-corrected chi connectivity index (χ2v) is 6.05. The summed E-state index contributed by atoms with van der Waals surface area (Å²) in [5.74, 6) is -0.242. The Bertz CT molecular complexity index is 600. The number of amides is 1. The maximum Gasteiger partial charge on any atom is 0.252 e. The molecule has 0 aromatic carbocycles. The summed E-state index contributed by atoms with van der Waals surface area (Å²) in [5.41, 5.74) is 1.31. The van der Waals surface area contributed by atoms with Gasteiger partial charge in [-0.3, -0.25) is 9.69 Å². The first-order valence-electron chi connectivity index (χ1n) is 5.29. The molecule has 0 aliphatic carbocycles. The second kappa shape index (κ2) is 4.25. The van der Waals surface area contributed by atoms with E-state index in [1.54, 1.807) is 13.8 Å². The molecule has 2 heterocycles. The molecule has 1 fully saturated rings. The largest absolute Gasteiger partial charge is 0.278 e. The summed E-state index contributed by atoms with van der Waals surface area (Å²) in [6, 6.07) is 0. The molecule has 1 unspecified atom stereocenters. The van der Waals surface area contributed by atoms with Crippen LogP contribution in [0.2, 0.25) is 0 Å². The van der Waals surface area contributed by atoms with Gasteiger partial charge in [-0.15, -0.1) is 5.10 Å². The fourth-order valence-electron chi connectivity index (χ4n) is 1.65. The third-order valence-electron chi connectivity index (χ3n) is 2.88. The maximum atomic E-state index is 11.7. The Balaban J connectivity index is 2.30. The van der Waals surface area contributed by atoms with E-state index in [0.717, 1.165) is 0 Å². The lowest BCUT2D eigenvalue weighted by molar-refractivity contribution is -0.117. The van der Waals surface area contributed by atoms with Gasteiger partial charge in [-0.1, -0.05) is 0 Å². The molecule has 0 spiro atoms. The number of anilines is 1. The Morgan fingerprint density at radius 2 is 1.94 bits per heavy atom. The summed E-state index contributed by atoms with van der Waals surface area (Å²) in [6.07, 6.45) is -0.144. The molecule has 1 aliphatic heterocycles. The Labute approximate surface area is 104 Å². The average molecular weight is 271 g/mol. The highest BCUT2D eigenvalue weighted by Gasteiger charge is 2.38. The van der Waals surface area contributed by atoms with Gasteiger partial charge in [-0.05, 0) is 13.8 Å². The summed E-state index contributed by atoms with van der Waals surface area (Å²) >= 11 is 0. The van der Waals surface area contributed by atoms with Crippen LogP contribution >= 0.6 is 0 Å². The molecule has 0 bridgehead atoms. The molecule has 1 amide bonds. The van der Waals surface area contributed by atoms with E-state index in [4.69, 9.17) is 5.14 Å². The maximum absolute atomic E-state index is 11.7. The number of rotatable bonds is 2. The molecule has 1 atom stereocenters. The van der Waals surface area contributed by atoms with Crippen molar-refractivity contribution in [3.8, 4) is 0 Å². The van der Waals surface area contributed by atoms with E-state index >= 15 is 0 Å². The molecular formula is C9H13N5O3S. The van der Waals surface area contributed by atoms with Crippen molar-refractivity contribution in [1.82, 2.24) is 15.2 Å². The number of nitrogens with zero attached hydrogens (tertiary/aromatic N) is 4. The molecule has 18 heavy (non-hydrogen) atoms. The normalized spacial score (nSPS) is 20.5. The lowest BCUT2D eigenvalue weighted by Gasteiger charge is -2.13. The van der Waals surface area contributed by atoms with Crippen molar-refractivity contribution < 1.29 is 13.2 Å². The highest BCUT2D eigenvalue weighted by atomic mass is 32.2. The van der Waals surface area contributed by atoms with Crippen LogP contribution < -0.4 is 10.0 Å². The average Bonchev–Trinajstić information content (AvgIpc) is 2.64. The number of sulfonamides is 1. The molecule has 1 aromatic rings. The van der Waals surface area contributed by atoms with E-state index in [9.17, 15) is 13.2 Å². The van der Waals surface area contributed by atoms with Crippen LogP contribution in [0.4, 0.5) is 5.95 Å². The number of carbonyl (C=O) groups excluding carboxylic acids is 1. The van der Waals surface area contributed by atoms with E-state index in [-0.39, 0.29) is 24.8 Å². The van der Waals surface area contributed by atoms with Gasteiger partial charge in [0.15, 0.2) is 0 Å². The molecule has 0 saturated carbocycles. The molecule has 2 N–H and O–H groups in total. The molecular weight excluding hydrogens is 258 g/mol. The van der Waals surface area contributed by atoms with Gasteiger partial charge in [-0.25, -0.2) is 18.5 Å². The minimum Gasteiger partial charge on any atom is -0.278 e. The number of carbonyl (C=O) groups is 1. The Morgan fingerprint density at radius 1 is 1.28 bits per heavy atom. The van der Waals surface area contributed by atoms with E-state index in [1.807, 2.05) is 0 Å². The highest BCUT2D eigenvalue weighted by Crippen LogP contribution is 2.20. The molecule has 9 heteroatoms. The van der Waals surface area contributed by atoms with Gasteiger partial charge in [0, 0.05) is 13.0 Å². The summed E-state index contributed by atoms with van der Waals surface area (Å²) in [6.45, 7) is 3.46. The molecule has 98 valence electrons. The van der Waals surface area contributed by atoms with Crippen LogP contribution in [0.15, 0.2) is 0 Å². The van der Waals surface area contributed by atoms with Crippen LogP contribution in [0.5, 0.6) is 0 Å². The van der Waals surface area contributed by atoms with Crippen LogP contribution in [0.1, 0.15) is 17.8 Å². The number of primary sulfonamides is 1. The van der Waals surface area contributed by atoms with Gasteiger partial charge in [0.05, 0.1) is 11.4 Å². The van der Waals surface area contributed by atoms with Gasteiger partial charge in [0.25, 0.3) is 5.95 Å². The van der Waals surface area contributed by atoms with E-state index in [2.05, 4.69) is 15.2 Å². The number of hydrogen-bond donors (Lipinski definition) is 1. The van der Waals surface area contributed by atoms with Crippen LogP contribution in [-0.2, 0) is 14.8 Å². The Morgan fingerprint density at radius 3 is 2.44 bits per heavy atom. The van der Waals surface area contributed by atoms with E-state index in [0.29, 0.717) is 11.4 Å². The minimum atomic E-state index is -3.73. The second-order valence-electron chi connectivity index (χ2n) is 4.20. The first kappa shape index (κ1) is 12.8. The predicted octanol–water partition coefficient (Wildman–Crippen LogP) is -1.12. The molecule has 8 nitrogen and oxygen atoms in total. The van der Waals surface area contributed by atoms with Gasteiger partial charge in [0.1, 0.15) is 5.25 Å². The van der Waals surface area contributed by atoms with Crippen molar-refractivity contribution in [2.45, 2.75) is 25.5 Å². The summed E-state index contributed by atoms with van der Waals surface area (Å²) in [5, 5.41) is 11.8. The lowest BCUT2D eigenvalue weighted by Crippen LogP contribution is -2.33. The van der Waals surface area contributed by atoms with Crippen molar-refractivity contribution in [3.63, 3.8) is 0 Å². The quantitative estimate of drug-likeness (QED) is 0.727. The fraction of sp³-hybridized carbons (Fsp3) is 0.556. The van der Waals surface area contributed by atoms with Gasteiger partial charge >= 0.3 is 0 Å². The number of aromatic nitrogens is 3. The van der Waals surface area contributed by atoms with Gasteiger partial charge in [0.2, 0.25) is 15.9 Å². The minimum absolute atomic E-state index is 0.0259. The standard InChI is InChI=1S/C9H13N5O3S/c1-5-6(2)12-13-9(11-5)14-4-7(3-8(14)15)18(10,16)17/h7H,3-4H2,1-2H3,(H2,10,16,17). The third kappa shape index (κ3) is 2.31. The zero-order chi connectivity index (χ0) is 13.5. The van der Waals surface area contributed by atoms with E-state index in [1.165, 1.54) is 4.90 Å². The Hall–Kier alpha value is -1.61. The smallest absolute Gasteiger partial charge is 0.252 e. The molecule has 1 aromatic heterocycles. The molecule has 1 saturated heterocycles. The van der Waals surface area contributed by atoms with Crippen molar-refractivity contribution in [3.05, 3.63) is 11.4 Å². The first-order chi connectivity index (χ1) is 8.29. The van der Waals surface area contributed by atoms with Crippen LogP contribution in [-0.4, -0.2) is 41.3 Å². The van der Waals surface area contributed by atoms with E-state index < -0.39 is 15.3 Å². The zero-order valence-corrected chi connectivity index (χ0v) is 10.8. The van der Waals surface area contributed by atoms with Crippen molar-refractivity contribution in [2.24, 2.45) is 5.14 Å². The van der Waals surface area contributed by atoms with Gasteiger partial charge in [-0.2, -0.15) is 5.10 Å². The van der Waals surface area contributed by atoms with Crippen molar-refractivity contribution in [2.75, 3.05) is 11.4 Å². The number of aryl methyl sites for hydroxylation is 2. The fourth-order valence-corrected chi connectivity index (χ4v) is 2.38. The number of hydrogen-bond acceptors (Lipinski definition) is 6. The zero-order valence-electron chi connectivity index (χ0n) is 9.99. The molecule has 1 aliphatic rings. The molecule has 0 radical (unpaired) electrons. The topological polar surface area (TPSA) is 119 Å². The van der Waals surface area contributed by atoms with Gasteiger partial charge < -0.3 is 0 Å². The van der Waals surface area contributed by atoms with Crippen molar-refractivity contribution >= 4 is 21.9 Å². The monoisotopic (exact) mass is 271 g/mol. The predicted molar refractivity (Wildman–Crippen MR) is 63.2 cm³/mol. The number of nitrogens with two attached hydrogens (primary N) is 1. The summed E-state index contributed by atoms with van der Waals surface area (Å²) < 4.78 is 22.4. The SMILES string of the molecule is Cc1nnc(N2CC(S(N)(=O)=O)CC2=O)nc1C. The van der Waals surface area contributed by atoms with Crippen molar-refractivity contribution in [1.29, 1.82) is 0 Å². The van der Waals surface area contributed by atoms with Crippen LogP contribution in [0.3, 0.4) is 0 Å². The lowest BCUT2D eigenvalue weighted by atomic mass is 10.4. The van der Waals surface area contributed by atoms with Crippen LogP contribution in [0, 0.1) is 13.8 Å². The highest BCUT2D eigenvalue weighted by molar-refractivity contribution is 7.89. The summed E-state index contributed by atoms with van der Waals surface area (Å²) in [7, 11) is -3.73. The first-order valence-corrected chi connectivity index (χ1v) is 6.90. The van der Waals surface area contributed by atoms with Crippen LogP contribution in [0.25, 0.3) is 0 Å². The molecule has 2 rings (SSSR count). The Kier molecular flexibility index (Phi) is 3.03.